The van der Waals surface area contributed by atoms with Crippen molar-refractivity contribution >= 4 is 22.4 Å². The maximum absolute atomic E-state index is 13.1. The van der Waals surface area contributed by atoms with Crippen LogP contribution in [0.15, 0.2) is 30.3 Å². The minimum atomic E-state index is -2.53. The van der Waals surface area contributed by atoms with Gasteiger partial charge in [0, 0.05) is 37.0 Å². The summed E-state index contributed by atoms with van der Waals surface area (Å²) in [5, 5.41) is 0.964. The minimum Gasteiger partial charge on any atom is -0.399 e. The fraction of sp³-hybridized carbons (Fsp3) is 0.357. The fourth-order valence-electron chi connectivity index (χ4n) is 2.37. The number of rotatable bonds is 1. The number of hydrogen-bond acceptors (Lipinski definition) is 3. The molecule has 2 heterocycles. The number of benzene rings is 1. The Morgan fingerprint density at radius 3 is 2.58 bits per heavy atom. The molecule has 0 aliphatic carbocycles. The van der Waals surface area contributed by atoms with Gasteiger partial charge in [-0.15, -0.1) is 0 Å². The summed E-state index contributed by atoms with van der Waals surface area (Å²) >= 11 is 0. The lowest BCUT2D eigenvalue weighted by atomic mass is 10.1. The first kappa shape index (κ1) is 12.1. The van der Waals surface area contributed by atoms with E-state index in [4.69, 9.17) is 5.73 Å². The van der Waals surface area contributed by atoms with Crippen LogP contribution in [0.5, 0.6) is 0 Å². The van der Waals surface area contributed by atoms with Crippen LogP contribution in [-0.4, -0.2) is 24.0 Å². The molecule has 2 aromatic rings. The minimum absolute atomic E-state index is 0.103. The van der Waals surface area contributed by atoms with Crippen molar-refractivity contribution in [1.29, 1.82) is 0 Å². The molecule has 5 heteroatoms. The zero-order valence-electron chi connectivity index (χ0n) is 10.4. The number of nitrogens with two attached hydrogens (primary N) is 1. The second kappa shape index (κ2) is 4.33. The number of alkyl halides is 2. The van der Waals surface area contributed by atoms with Gasteiger partial charge in [0.2, 0.25) is 0 Å². The smallest absolute Gasteiger partial charge is 0.251 e. The third-order valence-corrected chi connectivity index (χ3v) is 3.52. The van der Waals surface area contributed by atoms with Gasteiger partial charge >= 0.3 is 0 Å². The van der Waals surface area contributed by atoms with Crippen LogP contribution in [0, 0.1) is 0 Å². The van der Waals surface area contributed by atoms with Crippen LogP contribution in [0.2, 0.25) is 0 Å². The van der Waals surface area contributed by atoms with E-state index in [1.54, 1.807) is 6.07 Å². The molecular formula is C14H15F2N3. The Morgan fingerprint density at radius 2 is 1.84 bits per heavy atom. The molecule has 1 aliphatic rings. The molecule has 1 aliphatic heterocycles. The average molecular weight is 263 g/mol. The van der Waals surface area contributed by atoms with Crippen molar-refractivity contribution in [1.82, 2.24) is 4.98 Å². The van der Waals surface area contributed by atoms with E-state index in [9.17, 15) is 8.78 Å². The van der Waals surface area contributed by atoms with E-state index < -0.39 is 5.92 Å². The highest BCUT2D eigenvalue weighted by Gasteiger charge is 2.34. The summed E-state index contributed by atoms with van der Waals surface area (Å²) in [6, 6.07) is 9.30. The van der Waals surface area contributed by atoms with Gasteiger partial charge in [0.05, 0.1) is 5.52 Å². The van der Waals surface area contributed by atoms with E-state index >= 15 is 0 Å². The first-order valence-electron chi connectivity index (χ1n) is 6.33. The molecule has 0 atom stereocenters. The molecule has 1 aromatic heterocycles. The summed E-state index contributed by atoms with van der Waals surface area (Å²) in [5.74, 6) is -1.77. The molecule has 0 amide bonds. The molecule has 0 saturated carbocycles. The standard InChI is InChI=1S/C14H15F2N3/c15-14(16)5-7-19(8-6-14)13-4-1-10-9-11(17)2-3-12(10)18-13/h1-4,9H,5-8,17H2. The number of pyridine rings is 1. The summed E-state index contributed by atoms with van der Waals surface area (Å²) in [6.45, 7) is 0.695. The van der Waals surface area contributed by atoms with Gasteiger partial charge in [-0.2, -0.15) is 0 Å². The zero-order valence-corrected chi connectivity index (χ0v) is 10.4. The van der Waals surface area contributed by atoms with E-state index in [1.807, 2.05) is 29.2 Å². The number of halogens is 2. The number of hydrogen-bond donors (Lipinski definition) is 1. The first-order chi connectivity index (χ1) is 9.03. The topological polar surface area (TPSA) is 42.1 Å². The van der Waals surface area contributed by atoms with Gasteiger partial charge in [-0.05, 0) is 30.3 Å². The van der Waals surface area contributed by atoms with Crippen LogP contribution in [0.3, 0.4) is 0 Å². The maximum atomic E-state index is 13.1. The molecule has 100 valence electrons. The van der Waals surface area contributed by atoms with Gasteiger partial charge in [-0.3, -0.25) is 0 Å². The second-order valence-electron chi connectivity index (χ2n) is 4.96. The van der Waals surface area contributed by atoms with Crippen molar-refractivity contribution in [2.45, 2.75) is 18.8 Å². The molecule has 0 spiro atoms. The molecule has 0 radical (unpaired) electrons. The van der Waals surface area contributed by atoms with Crippen LogP contribution < -0.4 is 10.6 Å². The summed E-state index contributed by atoms with van der Waals surface area (Å²) in [6.07, 6.45) is -0.205. The molecule has 3 nitrogen and oxygen atoms in total. The fourth-order valence-corrected chi connectivity index (χ4v) is 2.37. The Balaban J connectivity index is 1.88. The van der Waals surface area contributed by atoms with Gasteiger partial charge in [0.1, 0.15) is 5.82 Å². The quantitative estimate of drug-likeness (QED) is 0.804. The number of fused-ring (bicyclic) bond motifs is 1. The third kappa shape index (κ3) is 2.45. The lowest BCUT2D eigenvalue weighted by Crippen LogP contribution is -2.39. The Hall–Kier alpha value is -1.91. The highest BCUT2D eigenvalue weighted by molar-refractivity contribution is 5.83. The lowest BCUT2D eigenvalue weighted by Gasteiger charge is -2.32. The number of nitrogens with zero attached hydrogens (tertiary/aromatic N) is 2. The van der Waals surface area contributed by atoms with Crippen molar-refractivity contribution in [3.63, 3.8) is 0 Å². The second-order valence-corrected chi connectivity index (χ2v) is 4.96. The molecule has 1 saturated heterocycles. The van der Waals surface area contributed by atoms with E-state index in [2.05, 4.69) is 4.98 Å². The lowest BCUT2D eigenvalue weighted by molar-refractivity contribution is -0.0221. The van der Waals surface area contributed by atoms with Crippen LogP contribution in [-0.2, 0) is 0 Å². The largest absolute Gasteiger partial charge is 0.399 e. The van der Waals surface area contributed by atoms with E-state index in [0.29, 0.717) is 18.8 Å². The van der Waals surface area contributed by atoms with Crippen LogP contribution in [0.25, 0.3) is 10.9 Å². The van der Waals surface area contributed by atoms with E-state index in [0.717, 1.165) is 16.7 Å². The molecule has 1 fully saturated rings. The summed E-state index contributed by atoms with van der Waals surface area (Å²) in [7, 11) is 0. The van der Waals surface area contributed by atoms with Crippen molar-refractivity contribution in [2.75, 3.05) is 23.7 Å². The number of anilines is 2. The molecule has 19 heavy (non-hydrogen) atoms. The molecule has 3 rings (SSSR count). The average Bonchev–Trinajstić information content (AvgIpc) is 2.38. The van der Waals surface area contributed by atoms with E-state index in [1.165, 1.54) is 0 Å². The molecular weight excluding hydrogens is 248 g/mol. The van der Waals surface area contributed by atoms with Gasteiger partial charge in [0.25, 0.3) is 5.92 Å². The van der Waals surface area contributed by atoms with Crippen LogP contribution in [0.4, 0.5) is 20.3 Å². The highest BCUT2D eigenvalue weighted by Crippen LogP contribution is 2.30. The first-order valence-corrected chi connectivity index (χ1v) is 6.33. The molecule has 2 N–H and O–H groups in total. The normalized spacial score (nSPS) is 18.7. The number of aromatic nitrogens is 1. The number of piperidine rings is 1. The van der Waals surface area contributed by atoms with Gasteiger partial charge in [-0.25, -0.2) is 13.8 Å². The highest BCUT2D eigenvalue weighted by atomic mass is 19.3. The molecule has 0 bridgehead atoms. The SMILES string of the molecule is Nc1ccc2nc(N3CCC(F)(F)CC3)ccc2c1. The summed E-state index contributed by atoms with van der Waals surface area (Å²) in [5.41, 5.74) is 7.24. The van der Waals surface area contributed by atoms with E-state index in [-0.39, 0.29) is 12.8 Å². The number of nitrogen functional groups attached to an aromatic ring is 1. The van der Waals surface area contributed by atoms with Crippen molar-refractivity contribution < 1.29 is 8.78 Å². The van der Waals surface area contributed by atoms with Crippen molar-refractivity contribution in [2.24, 2.45) is 0 Å². The van der Waals surface area contributed by atoms with Gasteiger partial charge < -0.3 is 10.6 Å². The van der Waals surface area contributed by atoms with Crippen LogP contribution >= 0.6 is 0 Å². The maximum Gasteiger partial charge on any atom is 0.251 e. The zero-order chi connectivity index (χ0) is 13.5. The predicted molar refractivity (Wildman–Crippen MR) is 72.5 cm³/mol. The van der Waals surface area contributed by atoms with Crippen molar-refractivity contribution in [3.05, 3.63) is 30.3 Å². The molecule has 1 aromatic carbocycles. The molecule has 0 unspecified atom stereocenters. The van der Waals surface area contributed by atoms with Gasteiger partial charge in [0.15, 0.2) is 0 Å². The monoisotopic (exact) mass is 263 g/mol. The summed E-state index contributed by atoms with van der Waals surface area (Å²) < 4.78 is 26.3. The Kier molecular flexibility index (Phi) is 2.77. The third-order valence-electron chi connectivity index (χ3n) is 3.52. The Labute approximate surface area is 110 Å². The predicted octanol–water partition coefficient (Wildman–Crippen LogP) is 3.05. The Morgan fingerprint density at radius 1 is 1.11 bits per heavy atom. The summed E-state index contributed by atoms with van der Waals surface area (Å²) in [4.78, 5) is 6.42. The Bertz CT molecular complexity index is 603. The van der Waals surface area contributed by atoms with Crippen LogP contribution in [0.1, 0.15) is 12.8 Å². The van der Waals surface area contributed by atoms with Gasteiger partial charge in [-0.1, -0.05) is 0 Å². The van der Waals surface area contributed by atoms with Crippen molar-refractivity contribution in [3.8, 4) is 0 Å².